The Morgan fingerprint density at radius 2 is 2.32 bits per heavy atom. The van der Waals surface area contributed by atoms with Gasteiger partial charge in [-0.25, -0.2) is 4.98 Å². The highest BCUT2D eigenvalue weighted by Crippen LogP contribution is 2.23. The van der Waals surface area contributed by atoms with Crippen LogP contribution < -0.4 is 5.32 Å². The molecular weight excluding hydrogens is 348 g/mol. The molecule has 1 heterocycles. The van der Waals surface area contributed by atoms with Gasteiger partial charge in [0.2, 0.25) is 0 Å². The second-order valence-electron chi connectivity index (χ2n) is 3.99. The van der Waals surface area contributed by atoms with E-state index in [-0.39, 0.29) is 5.91 Å². The number of rotatable bonds is 4. The molecule has 3 nitrogen and oxygen atoms in total. The Bertz CT molecular complexity index is 600. The summed E-state index contributed by atoms with van der Waals surface area (Å²) in [6.45, 7) is 2.54. The number of halogens is 2. The van der Waals surface area contributed by atoms with Crippen LogP contribution in [0.5, 0.6) is 0 Å². The second kappa shape index (κ2) is 6.50. The van der Waals surface area contributed by atoms with Crippen LogP contribution in [0.1, 0.15) is 21.1 Å². The summed E-state index contributed by atoms with van der Waals surface area (Å²) in [5.41, 5.74) is 1.60. The van der Waals surface area contributed by atoms with Gasteiger partial charge < -0.3 is 5.32 Å². The molecule has 100 valence electrons. The van der Waals surface area contributed by atoms with Crippen molar-refractivity contribution in [3.63, 3.8) is 0 Å². The van der Waals surface area contributed by atoms with E-state index in [4.69, 9.17) is 11.6 Å². The van der Waals surface area contributed by atoms with Crippen LogP contribution in [0.4, 0.5) is 0 Å². The predicted molar refractivity (Wildman–Crippen MR) is 82.0 cm³/mol. The first-order valence-corrected chi connectivity index (χ1v) is 7.75. The van der Waals surface area contributed by atoms with Gasteiger partial charge in [0, 0.05) is 28.4 Å². The molecule has 0 unspecified atom stereocenters. The largest absolute Gasteiger partial charge is 0.352 e. The summed E-state index contributed by atoms with van der Waals surface area (Å²) in [6, 6.07) is 5.12. The molecule has 0 bridgehead atoms. The average Bonchev–Trinajstić information content (AvgIpc) is 2.78. The summed E-state index contributed by atoms with van der Waals surface area (Å²) < 4.78 is 0.719. The summed E-state index contributed by atoms with van der Waals surface area (Å²) >= 11 is 10.8. The lowest BCUT2D eigenvalue weighted by molar-refractivity contribution is 0.0954. The van der Waals surface area contributed by atoms with Crippen LogP contribution in [0.2, 0.25) is 5.02 Å². The molecule has 1 amide bonds. The van der Waals surface area contributed by atoms with Gasteiger partial charge >= 0.3 is 0 Å². The van der Waals surface area contributed by atoms with Crippen molar-refractivity contribution in [3.8, 4) is 0 Å². The van der Waals surface area contributed by atoms with Gasteiger partial charge in [-0.3, -0.25) is 4.79 Å². The van der Waals surface area contributed by atoms with Crippen LogP contribution in [0.25, 0.3) is 0 Å². The average molecular weight is 360 g/mol. The normalized spacial score (nSPS) is 10.5. The van der Waals surface area contributed by atoms with E-state index >= 15 is 0 Å². The van der Waals surface area contributed by atoms with Crippen LogP contribution in [0.15, 0.2) is 28.1 Å². The fourth-order valence-electron chi connectivity index (χ4n) is 1.57. The lowest BCUT2D eigenvalue weighted by atomic mass is 10.2. The Hall–Kier alpha value is -0.910. The first-order chi connectivity index (χ1) is 9.06. The summed E-state index contributed by atoms with van der Waals surface area (Å²) in [4.78, 5) is 16.3. The quantitative estimate of drug-likeness (QED) is 0.901. The van der Waals surface area contributed by atoms with Crippen molar-refractivity contribution in [2.75, 3.05) is 6.54 Å². The first kappa shape index (κ1) is 14.5. The molecule has 0 radical (unpaired) electrons. The summed E-state index contributed by atoms with van der Waals surface area (Å²) in [5, 5.41) is 6.52. The van der Waals surface area contributed by atoms with Crippen molar-refractivity contribution < 1.29 is 4.79 Å². The van der Waals surface area contributed by atoms with E-state index in [1.54, 1.807) is 29.5 Å². The first-order valence-electron chi connectivity index (χ1n) is 5.70. The maximum Gasteiger partial charge on any atom is 0.251 e. The molecule has 0 saturated carbocycles. The van der Waals surface area contributed by atoms with Gasteiger partial charge in [0.1, 0.15) is 0 Å². The molecule has 0 fully saturated rings. The molecule has 0 atom stereocenters. The van der Waals surface area contributed by atoms with Gasteiger partial charge in [-0.15, -0.1) is 11.3 Å². The van der Waals surface area contributed by atoms with Gasteiger partial charge in [0.25, 0.3) is 5.91 Å². The number of thiazole rings is 1. The van der Waals surface area contributed by atoms with E-state index in [1.165, 1.54) is 0 Å². The maximum atomic E-state index is 11.9. The molecule has 1 aromatic heterocycles. The van der Waals surface area contributed by atoms with Gasteiger partial charge in [-0.1, -0.05) is 11.6 Å². The van der Waals surface area contributed by atoms with Crippen LogP contribution in [0.3, 0.4) is 0 Å². The molecule has 6 heteroatoms. The minimum atomic E-state index is -0.107. The van der Waals surface area contributed by atoms with Crippen molar-refractivity contribution in [2.24, 2.45) is 0 Å². The fraction of sp³-hybridized carbons (Fsp3) is 0.231. The SMILES string of the molecule is Cc1nc(CCNC(=O)c2ccc(Cl)c(Br)c2)cs1. The Morgan fingerprint density at radius 1 is 1.53 bits per heavy atom. The van der Waals surface area contributed by atoms with E-state index in [0.717, 1.165) is 21.6 Å². The number of carbonyl (C=O) groups excluding carboxylic acids is 1. The number of aryl methyl sites for hydroxylation is 1. The highest BCUT2D eigenvalue weighted by Gasteiger charge is 2.07. The Morgan fingerprint density at radius 3 is 2.95 bits per heavy atom. The highest BCUT2D eigenvalue weighted by atomic mass is 79.9. The number of aromatic nitrogens is 1. The van der Waals surface area contributed by atoms with E-state index in [2.05, 4.69) is 26.2 Å². The smallest absolute Gasteiger partial charge is 0.251 e. The molecule has 0 saturated heterocycles. The number of nitrogens with one attached hydrogen (secondary N) is 1. The number of nitrogens with zero attached hydrogens (tertiary/aromatic N) is 1. The maximum absolute atomic E-state index is 11.9. The predicted octanol–water partition coefficient (Wildman–Crippen LogP) is 3.84. The molecule has 2 rings (SSSR count). The zero-order valence-electron chi connectivity index (χ0n) is 10.2. The number of benzene rings is 1. The molecule has 0 aliphatic rings. The van der Waals surface area contributed by atoms with E-state index in [9.17, 15) is 4.79 Å². The number of hydrogen-bond acceptors (Lipinski definition) is 3. The molecule has 1 aromatic carbocycles. The van der Waals surface area contributed by atoms with Crippen molar-refractivity contribution in [2.45, 2.75) is 13.3 Å². The number of carbonyl (C=O) groups is 1. The van der Waals surface area contributed by atoms with Crippen molar-refractivity contribution in [1.82, 2.24) is 10.3 Å². The topological polar surface area (TPSA) is 42.0 Å². The van der Waals surface area contributed by atoms with E-state index in [1.807, 2.05) is 12.3 Å². The monoisotopic (exact) mass is 358 g/mol. The van der Waals surface area contributed by atoms with Crippen LogP contribution >= 0.6 is 38.9 Å². The minimum Gasteiger partial charge on any atom is -0.352 e. The van der Waals surface area contributed by atoms with Gasteiger partial charge in [-0.05, 0) is 41.1 Å². The molecule has 19 heavy (non-hydrogen) atoms. The third kappa shape index (κ3) is 4.03. The molecule has 2 aromatic rings. The second-order valence-corrected chi connectivity index (χ2v) is 6.32. The van der Waals surface area contributed by atoms with Crippen molar-refractivity contribution >= 4 is 44.8 Å². The lowest BCUT2D eigenvalue weighted by Gasteiger charge is -2.05. The zero-order chi connectivity index (χ0) is 13.8. The van der Waals surface area contributed by atoms with E-state index < -0.39 is 0 Å². The Balaban J connectivity index is 1.89. The van der Waals surface area contributed by atoms with Gasteiger partial charge in [-0.2, -0.15) is 0 Å². The Kier molecular flexibility index (Phi) is 4.96. The lowest BCUT2D eigenvalue weighted by Crippen LogP contribution is -2.25. The Labute approximate surface area is 129 Å². The summed E-state index contributed by atoms with van der Waals surface area (Å²) in [6.07, 6.45) is 0.741. The third-order valence-electron chi connectivity index (χ3n) is 2.52. The number of amides is 1. The van der Waals surface area contributed by atoms with Crippen LogP contribution in [0, 0.1) is 6.92 Å². The molecule has 0 aliphatic carbocycles. The van der Waals surface area contributed by atoms with Gasteiger partial charge in [0.15, 0.2) is 0 Å². The van der Waals surface area contributed by atoms with Gasteiger partial charge in [0.05, 0.1) is 15.7 Å². The molecule has 0 spiro atoms. The van der Waals surface area contributed by atoms with Crippen molar-refractivity contribution in [3.05, 3.63) is 49.3 Å². The third-order valence-corrected chi connectivity index (χ3v) is 4.55. The minimum absolute atomic E-state index is 0.107. The zero-order valence-corrected chi connectivity index (χ0v) is 13.4. The standard InChI is InChI=1S/C13H12BrClN2OS/c1-8-17-10(7-19-8)4-5-16-13(18)9-2-3-12(15)11(14)6-9/h2-3,6-7H,4-5H2,1H3,(H,16,18). The van der Waals surface area contributed by atoms with E-state index in [0.29, 0.717) is 17.1 Å². The van der Waals surface area contributed by atoms with Crippen LogP contribution in [-0.2, 0) is 6.42 Å². The molecule has 0 aliphatic heterocycles. The fourth-order valence-corrected chi connectivity index (χ4v) is 2.71. The number of hydrogen-bond donors (Lipinski definition) is 1. The molecule has 1 N–H and O–H groups in total. The summed E-state index contributed by atoms with van der Waals surface area (Å²) in [7, 11) is 0. The van der Waals surface area contributed by atoms with Crippen LogP contribution in [-0.4, -0.2) is 17.4 Å². The molecular formula is C13H12BrClN2OS. The van der Waals surface area contributed by atoms with Crippen molar-refractivity contribution in [1.29, 1.82) is 0 Å². The summed E-state index contributed by atoms with van der Waals surface area (Å²) in [5.74, 6) is -0.107. The highest BCUT2D eigenvalue weighted by molar-refractivity contribution is 9.10.